The average Bonchev–Trinajstić information content (AvgIpc) is 2.29. The smallest absolute Gasteiger partial charge is 0.255 e. The normalized spacial score (nSPS) is 9.88. The molecule has 0 unspecified atom stereocenters. The second kappa shape index (κ2) is 6.76. The molecule has 1 rings (SSSR count). The van der Waals surface area contributed by atoms with Crippen molar-refractivity contribution in [3.05, 3.63) is 24.7 Å². The van der Waals surface area contributed by atoms with Crippen LogP contribution in [-0.2, 0) is 0 Å². The van der Waals surface area contributed by atoms with Crippen molar-refractivity contribution in [1.82, 2.24) is 9.97 Å². The van der Waals surface area contributed by atoms with E-state index in [1.807, 2.05) is 6.92 Å². The highest BCUT2D eigenvalue weighted by Crippen LogP contribution is 2.14. The Labute approximate surface area is 94.6 Å². The third-order valence-electron chi connectivity index (χ3n) is 1.84. The Morgan fingerprint density at radius 3 is 3.12 bits per heavy atom. The number of ether oxygens (including phenoxy) is 1. The Morgan fingerprint density at radius 2 is 2.44 bits per heavy atom. The second-order valence-corrected chi connectivity index (χ2v) is 3.16. The molecule has 0 aliphatic rings. The maximum absolute atomic E-state index is 13.2. The van der Waals surface area contributed by atoms with Gasteiger partial charge in [-0.3, -0.25) is 0 Å². The van der Waals surface area contributed by atoms with Gasteiger partial charge in [-0.1, -0.05) is 6.08 Å². The minimum atomic E-state index is -0.541. The molecule has 16 heavy (non-hydrogen) atoms. The van der Waals surface area contributed by atoms with Gasteiger partial charge >= 0.3 is 0 Å². The summed E-state index contributed by atoms with van der Waals surface area (Å²) in [5, 5.41) is 2.89. The van der Waals surface area contributed by atoms with Gasteiger partial charge in [-0.15, -0.1) is 6.58 Å². The van der Waals surface area contributed by atoms with Crippen LogP contribution in [0.5, 0.6) is 5.88 Å². The zero-order chi connectivity index (χ0) is 11.8. The van der Waals surface area contributed by atoms with Crippen molar-refractivity contribution in [2.45, 2.75) is 19.8 Å². The fraction of sp³-hybridized carbons (Fsp3) is 0.455. The highest BCUT2D eigenvalue weighted by atomic mass is 19.1. The summed E-state index contributed by atoms with van der Waals surface area (Å²) in [5.74, 6) is -0.169. The van der Waals surface area contributed by atoms with E-state index in [1.54, 1.807) is 6.08 Å². The molecule has 0 amide bonds. The number of unbranched alkanes of at least 4 members (excludes halogenated alkanes) is 1. The van der Waals surface area contributed by atoms with Crippen molar-refractivity contribution in [1.29, 1.82) is 0 Å². The van der Waals surface area contributed by atoms with Gasteiger partial charge in [0.1, 0.15) is 0 Å². The van der Waals surface area contributed by atoms with Crippen molar-refractivity contribution >= 4 is 5.95 Å². The molecular formula is C11H16FN3O. The number of halogens is 1. The zero-order valence-electron chi connectivity index (χ0n) is 9.37. The lowest BCUT2D eigenvalue weighted by atomic mass is 10.3. The number of anilines is 1. The van der Waals surface area contributed by atoms with Crippen LogP contribution in [0, 0.1) is 5.82 Å². The lowest BCUT2D eigenvalue weighted by Crippen LogP contribution is -2.06. The zero-order valence-corrected chi connectivity index (χ0v) is 9.37. The van der Waals surface area contributed by atoms with Crippen LogP contribution in [0.3, 0.4) is 0 Å². The first-order valence-corrected chi connectivity index (χ1v) is 5.28. The summed E-state index contributed by atoms with van der Waals surface area (Å²) in [6.07, 6.45) is 4.54. The van der Waals surface area contributed by atoms with Crippen LogP contribution in [0.2, 0.25) is 0 Å². The number of hydrogen-bond acceptors (Lipinski definition) is 4. The van der Waals surface area contributed by atoms with E-state index in [0.29, 0.717) is 19.1 Å². The summed E-state index contributed by atoms with van der Waals surface area (Å²) >= 11 is 0. The van der Waals surface area contributed by atoms with Crippen molar-refractivity contribution in [3.63, 3.8) is 0 Å². The highest BCUT2D eigenvalue weighted by Gasteiger charge is 2.07. The van der Waals surface area contributed by atoms with Crippen LogP contribution >= 0.6 is 0 Å². The summed E-state index contributed by atoms with van der Waals surface area (Å²) in [4.78, 5) is 7.69. The van der Waals surface area contributed by atoms with E-state index in [-0.39, 0.29) is 5.88 Å². The Bertz CT molecular complexity index is 344. The lowest BCUT2D eigenvalue weighted by molar-refractivity contribution is 0.283. The molecule has 0 aliphatic carbocycles. The first kappa shape index (κ1) is 12.4. The molecule has 0 spiro atoms. The predicted molar refractivity (Wildman–Crippen MR) is 61.1 cm³/mol. The van der Waals surface area contributed by atoms with Gasteiger partial charge in [0.2, 0.25) is 11.8 Å². The first-order valence-electron chi connectivity index (χ1n) is 5.28. The minimum Gasteiger partial charge on any atom is -0.475 e. The molecule has 0 radical (unpaired) electrons. The number of hydrogen-bond donors (Lipinski definition) is 1. The molecular weight excluding hydrogens is 209 g/mol. The Balaban J connectivity index is 2.55. The number of aromatic nitrogens is 2. The quantitative estimate of drug-likeness (QED) is 0.571. The molecule has 0 saturated carbocycles. The fourth-order valence-electron chi connectivity index (χ4n) is 1.09. The Hall–Kier alpha value is -1.65. The number of allylic oxidation sites excluding steroid dienone is 1. The molecule has 5 heteroatoms. The number of rotatable bonds is 7. The van der Waals surface area contributed by atoms with Crippen LogP contribution in [0.15, 0.2) is 18.9 Å². The van der Waals surface area contributed by atoms with Gasteiger partial charge in [0.15, 0.2) is 0 Å². The van der Waals surface area contributed by atoms with Crippen molar-refractivity contribution in [2.24, 2.45) is 0 Å². The van der Waals surface area contributed by atoms with Gasteiger partial charge in [-0.2, -0.15) is 9.37 Å². The van der Waals surface area contributed by atoms with E-state index in [0.717, 1.165) is 19.0 Å². The van der Waals surface area contributed by atoms with Gasteiger partial charge in [0.25, 0.3) is 5.88 Å². The first-order chi connectivity index (χ1) is 7.77. The molecule has 1 aromatic rings. The summed E-state index contributed by atoms with van der Waals surface area (Å²) in [6, 6.07) is 0. The van der Waals surface area contributed by atoms with Crippen LogP contribution in [0.4, 0.5) is 10.3 Å². The molecule has 4 nitrogen and oxygen atoms in total. The van der Waals surface area contributed by atoms with Crippen molar-refractivity contribution < 1.29 is 9.13 Å². The molecule has 0 fully saturated rings. The van der Waals surface area contributed by atoms with Gasteiger partial charge < -0.3 is 10.1 Å². The van der Waals surface area contributed by atoms with E-state index in [4.69, 9.17) is 4.74 Å². The molecule has 1 heterocycles. The van der Waals surface area contributed by atoms with Gasteiger partial charge in [0, 0.05) is 6.54 Å². The third-order valence-corrected chi connectivity index (χ3v) is 1.84. The summed E-state index contributed by atoms with van der Waals surface area (Å²) in [6.45, 7) is 6.61. The molecule has 88 valence electrons. The summed E-state index contributed by atoms with van der Waals surface area (Å²) in [5.41, 5.74) is 0. The fourth-order valence-corrected chi connectivity index (χ4v) is 1.09. The molecule has 0 atom stereocenters. The van der Waals surface area contributed by atoms with Gasteiger partial charge in [-0.25, -0.2) is 4.98 Å². The maximum atomic E-state index is 13.2. The molecule has 1 aromatic heterocycles. The topological polar surface area (TPSA) is 47.0 Å². The van der Waals surface area contributed by atoms with E-state index < -0.39 is 5.82 Å². The molecule has 0 bridgehead atoms. The van der Waals surface area contributed by atoms with Crippen molar-refractivity contribution in [2.75, 3.05) is 18.5 Å². The molecule has 0 saturated heterocycles. The largest absolute Gasteiger partial charge is 0.475 e. The predicted octanol–water partition coefficient (Wildman–Crippen LogP) is 2.39. The van der Waals surface area contributed by atoms with Crippen molar-refractivity contribution in [3.8, 4) is 5.88 Å². The van der Waals surface area contributed by atoms with E-state index in [9.17, 15) is 4.39 Å². The van der Waals surface area contributed by atoms with E-state index >= 15 is 0 Å². The highest BCUT2D eigenvalue weighted by molar-refractivity contribution is 5.27. The van der Waals surface area contributed by atoms with Gasteiger partial charge in [0.05, 0.1) is 12.8 Å². The summed E-state index contributed by atoms with van der Waals surface area (Å²) in [7, 11) is 0. The molecule has 0 aromatic carbocycles. The standard InChI is InChI=1S/C11H16FN3O/c1-3-5-6-7-16-10-9(12)8-14-11(15-10)13-4-2/h3,8H,1,4-7H2,2H3,(H,13,14,15). The van der Waals surface area contributed by atoms with Crippen LogP contribution in [-0.4, -0.2) is 23.1 Å². The van der Waals surface area contributed by atoms with E-state index in [2.05, 4.69) is 21.9 Å². The lowest BCUT2D eigenvalue weighted by Gasteiger charge is -2.07. The third kappa shape index (κ3) is 3.84. The van der Waals surface area contributed by atoms with Gasteiger partial charge in [-0.05, 0) is 19.8 Å². The number of nitrogens with zero attached hydrogens (tertiary/aromatic N) is 2. The van der Waals surface area contributed by atoms with Crippen LogP contribution in [0.25, 0.3) is 0 Å². The summed E-state index contributed by atoms with van der Waals surface area (Å²) < 4.78 is 18.4. The van der Waals surface area contributed by atoms with Crippen LogP contribution in [0.1, 0.15) is 19.8 Å². The molecule has 1 N–H and O–H groups in total. The van der Waals surface area contributed by atoms with Crippen LogP contribution < -0.4 is 10.1 Å². The Morgan fingerprint density at radius 1 is 1.62 bits per heavy atom. The Kier molecular flexibility index (Phi) is 5.25. The average molecular weight is 225 g/mol. The maximum Gasteiger partial charge on any atom is 0.255 e. The second-order valence-electron chi connectivity index (χ2n) is 3.16. The number of nitrogens with one attached hydrogen (secondary N) is 1. The molecule has 0 aliphatic heterocycles. The SMILES string of the molecule is C=CCCCOc1nc(NCC)ncc1F. The van der Waals surface area contributed by atoms with E-state index in [1.165, 1.54) is 0 Å². The minimum absolute atomic E-state index is 0.00462. The monoisotopic (exact) mass is 225 g/mol.